The van der Waals surface area contributed by atoms with Gasteiger partial charge in [0.2, 0.25) is 0 Å². The zero-order valence-electron chi connectivity index (χ0n) is 7.54. The molecule has 0 aliphatic rings. The van der Waals surface area contributed by atoms with E-state index in [1.165, 1.54) is 0 Å². The zero-order chi connectivity index (χ0) is 9.40. The summed E-state index contributed by atoms with van der Waals surface area (Å²) in [6.45, 7) is 3.88. The first-order valence-electron chi connectivity index (χ1n) is 4.00. The van der Waals surface area contributed by atoms with E-state index in [-0.39, 0.29) is 12.2 Å². The Kier molecular flexibility index (Phi) is 6.84. The predicted octanol–water partition coefficient (Wildman–Crippen LogP) is 1.92. The van der Waals surface area contributed by atoms with Crippen molar-refractivity contribution >= 4 is 0 Å². The molecule has 0 N–H and O–H groups in total. The molecule has 0 saturated heterocycles. The molecule has 0 amide bonds. The highest BCUT2D eigenvalue weighted by Crippen LogP contribution is 1.97. The molecule has 0 rings (SSSR count). The quantitative estimate of drug-likeness (QED) is 0.594. The fourth-order valence-corrected chi connectivity index (χ4v) is 0.651. The van der Waals surface area contributed by atoms with Crippen molar-refractivity contribution in [2.45, 2.75) is 38.9 Å². The second-order valence-corrected chi connectivity index (χ2v) is 2.35. The molecular weight excluding hydrogens is 152 g/mol. The van der Waals surface area contributed by atoms with Crippen LogP contribution in [-0.4, -0.2) is 12.2 Å². The monoisotopic (exact) mass is 166 g/mol. The van der Waals surface area contributed by atoms with Crippen LogP contribution in [0.25, 0.3) is 0 Å². The van der Waals surface area contributed by atoms with E-state index in [9.17, 15) is 0 Å². The van der Waals surface area contributed by atoms with Gasteiger partial charge in [-0.3, -0.25) is 0 Å². The number of hydrogen-bond acceptors (Lipinski definition) is 2. The third kappa shape index (κ3) is 4.38. The van der Waals surface area contributed by atoms with Crippen LogP contribution in [0.1, 0.15) is 26.7 Å². The highest BCUT2D eigenvalue weighted by molar-refractivity contribution is 5.09. The van der Waals surface area contributed by atoms with Crippen molar-refractivity contribution in [3.8, 4) is 11.8 Å². The van der Waals surface area contributed by atoms with Crippen molar-refractivity contribution < 1.29 is 9.47 Å². The lowest BCUT2D eigenvalue weighted by molar-refractivity contribution is 0.175. The van der Waals surface area contributed by atoms with Crippen molar-refractivity contribution in [2.24, 2.45) is 0 Å². The van der Waals surface area contributed by atoms with Gasteiger partial charge in [0.05, 0.1) is 0 Å². The molecule has 0 aliphatic carbocycles. The van der Waals surface area contributed by atoms with Gasteiger partial charge in [0, 0.05) is 0 Å². The fourth-order valence-electron chi connectivity index (χ4n) is 0.651. The predicted molar refractivity (Wildman–Crippen MR) is 46.7 cm³/mol. The van der Waals surface area contributed by atoms with E-state index in [0.29, 0.717) is 0 Å². The smallest absolute Gasteiger partial charge is 0.118 e. The normalized spacial score (nSPS) is 14.7. The minimum atomic E-state index is -0.228. The number of hydrogen-bond donors (Lipinski definition) is 0. The molecule has 0 fully saturated rings. The van der Waals surface area contributed by atoms with Gasteiger partial charge in [0.25, 0.3) is 0 Å². The lowest BCUT2D eigenvalue weighted by Crippen LogP contribution is -2.08. The third-order valence-electron chi connectivity index (χ3n) is 1.48. The maximum Gasteiger partial charge on any atom is 0.118 e. The van der Waals surface area contributed by atoms with Crippen LogP contribution < -0.4 is 0 Å². The summed E-state index contributed by atoms with van der Waals surface area (Å²) in [4.78, 5) is 0. The summed E-state index contributed by atoms with van der Waals surface area (Å²) in [6.07, 6.45) is 1.05. The van der Waals surface area contributed by atoms with E-state index in [0.717, 1.165) is 12.8 Å². The standard InChI is InChI=1S/C10H14O2/c1-5-9(11-3)7-8-10(6-2)12-4/h3-4,9-10H,5-6H2,1-2H3. The summed E-state index contributed by atoms with van der Waals surface area (Å²) >= 11 is 0. The van der Waals surface area contributed by atoms with E-state index in [4.69, 9.17) is 14.2 Å². The molecule has 0 heterocycles. The van der Waals surface area contributed by atoms with Crippen molar-refractivity contribution in [1.29, 1.82) is 0 Å². The maximum atomic E-state index is 4.98. The molecule has 2 atom stereocenters. The van der Waals surface area contributed by atoms with E-state index in [1.54, 1.807) is 0 Å². The third-order valence-corrected chi connectivity index (χ3v) is 1.48. The molecule has 66 valence electrons. The van der Waals surface area contributed by atoms with Gasteiger partial charge in [-0.1, -0.05) is 25.7 Å². The molecule has 0 spiro atoms. The van der Waals surface area contributed by atoms with Gasteiger partial charge in [-0.15, -0.1) is 0 Å². The van der Waals surface area contributed by atoms with Crippen LogP contribution in [-0.2, 0) is 9.47 Å². The lowest BCUT2D eigenvalue weighted by Gasteiger charge is -2.05. The molecule has 4 radical (unpaired) electrons. The molecular formula is C10H14O2. The van der Waals surface area contributed by atoms with Crippen molar-refractivity contribution in [2.75, 3.05) is 0 Å². The molecule has 0 aliphatic heterocycles. The average Bonchev–Trinajstić information content (AvgIpc) is 2.13. The molecule has 0 aromatic carbocycles. The Morgan fingerprint density at radius 1 is 1.00 bits per heavy atom. The molecule has 2 nitrogen and oxygen atoms in total. The van der Waals surface area contributed by atoms with E-state index >= 15 is 0 Å². The average molecular weight is 166 g/mol. The highest BCUT2D eigenvalue weighted by Gasteiger charge is 2.00. The Morgan fingerprint density at radius 3 is 1.50 bits per heavy atom. The van der Waals surface area contributed by atoms with Crippen LogP contribution in [0.5, 0.6) is 0 Å². The number of ether oxygens (including phenoxy) is 2. The SMILES string of the molecule is [CH]OC(C#CC(CC)O[CH])CC. The fraction of sp³-hybridized carbons (Fsp3) is 0.600. The van der Waals surface area contributed by atoms with Crippen LogP contribution in [0, 0.1) is 26.1 Å². The topological polar surface area (TPSA) is 18.5 Å². The van der Waals surface area contributed by atoms with Gasteiger partial charge < -0.3 is 9.47 Å². The van der Waals surface area contributed by atoms with E-state index in [1.807, 2.05) is 13.8 Å². The van der Waals surface area contributed by atoms with Crippen LogP contribution in [0.3, 0.4) is 0 Å². The molecule has 2 unspecified atom stereocenters. The second kappa shape index (κ2) is 7.15. The largest absolute Gasteiger partial charge is 0.357 e. The Bertz CT molecular complexity index is 131. The Hall–Kier alpha value is -0.520. The Labute approximate surface area is 75.3 Å². The van der Waals surface area contributed by atoms with Crippen LogP contribution in [0.4, 0.5) is 0 Å². The van der Waals surface area contributed by atoms with E-state index < -0.39 is 0 Å². The minimum Gasteiger partial charge on any atom is -0.357 e. The van der Waals surface area contributed by atoms with Crippen LogP contribution >= 0.6 is 0 Å². The molecule has 0 saturated carbocycles. The first kappa shape index (κ1) is 11.5. The zero-order valence-corrected chi connectivity index (χ0v) is 7.54. The summed E-state index contributed by atoms with van der Waals surface area (Å²) in [5.41, 5.74) is 0. The number of rotatable bonds is 4. The minimum absolute atomic E-state index is 0.228. The van der Waals surface area contributed by atoms with Gasteiger partial charge >= 0.3 is 0 Å². The molecule has 0 aromatic heterocycles. The van der Waals surface area contributed by atoms with Gasteiger partial charge in [0.1, 0.15) is 26.4 Å². The van der Waals surface area contributed by atoms with Crippen LogP contribution in [0.2, 0.25) is 0 Å². The molecule has 12 heavy (non-hydrogen) atoms. The van der Waals surface area contributed by atoms with Crippen molar-refractivity contribution in [3.63, 3.8) is 0 Å². The van der Waals surface area contributed by atoms with Gasteiger partial charge in [-0.2, -0.15) is 0 Å². The van der Waals surface area contributed by atoms with Crippen LogP contribution in [0.15, 0.2) is 0 Å². The summed E-state index contributed by atoms with van der Waals surface area (Å²) in [5.74, 6) is 5.64. The molecule has 2 heteroatoms. The first-order chi connectivity index (χ1) is 5.78. The first-order valence-corrected chi connectivity index (χ1v) is 4.00. The van der Waals surface area contributed by atoms with Gasteiger partial charge in [0.15, 0.2) is 0 Å². The highest BCUT2D eigenvalue weighted by atomic mass is 16.5. The van der Waals surface area contributed by atoms with Gasteiger partial charge in [-0.05, 0) is 12.8 Å². The lowest BCUT2D eigenvalue weighted by atomic mass is 10.2. The summed E-state index contributed by atoms with van der Waals surface area (Å²) in [6, 6.07) is 0. The van der Waals surface area contributed by atoms with Crippen molar-refractivity contribution in [3.05, 3.63) is 14.2 Å². The molecule has 0 aromatic rings. The second-order valence-electron chi connectivity index (χ2n) is 2.35. The molecule has 0 bridgehead atoms. The van der Waals surface area contributed by atoms with Crippen molar-refractivity contribution in [1.82, 2.24) is 0 Å². The Morgan fingerprint density at radius 2 is 1.33 bits per heavy atom. The summed E-state index contributed by atoms with van der Waals surface area (Å²) in [7, 11) is 9.96. The van der Waals surface area contributed by atoms with E-state index in [2.05, 4.69) is 21.3 Å². The summed E-state index contributed by atoms with van der Waals surface area (Å²) < 4.78 is 9.14. The van der Waals surface area contributed by atoms with Gasteiger partial charge in [-0.25, -0.2) is 0 Å². The summed E-state index contributed by atoms with van der Waals surface area (Å²) in [5, 5.41) is 0. The maximum absolute atomic E-state index is 4.98. The Balaban J connectivity index is 3.96.